The molecule has 1 heterocycles. The SMILES string of the molecule is C[C@@H](O)[C@H](NC(=O)[C@H](CS)NC(=O)[C@@H](NC(=O)[C@H](CCCCN)NC(=O)[C@@H](Cc1c[nH]c2ccccc12)NC(=O)[C@H](Cc1ccccc1)NC(=O)[C@H](CS)NC(=O)[C@H](CCCCN)NC(=O)[C@H](Cc1ccc(O)cc1)NC(=O)[C@H](CCCCN)NC(=O)[C@H](Cc1ccc(O)cc1)NC(=O)[C@H](N)CCCCN)[C@@H](C)O)C(N)=O. The summed E-state index contributed by atoms with van der Waals surface area (Å²) in [5.74, 6) is -11.9. The van der Waals surface area contributed by atoms with Gasteiger partial charge in [0.15, 0.2) is 0 Å². The number of nitrogens with one attached hydrogen (secondary N) is 12. The van der Waals surface area contributed by atoms with Gasteiger partial charge < -0.3 is 118 Å². The lowest BCUT2D eigenvalue weighted by molar-refractivity contribution is -0.137. The number of phenolic OH excluding ortho intramolecular Hbond substituents is 2. The Balaban J connectivity index is 1.44. The van der Waals surface area contributed by atoms with Crippen LogP contribution in [0.2, 0.25) is 0 Å². The number of aromatic nitrogens is 1. The molecule has 0 radical (unpaired) electrons. The molecule has 0 unspecified atom stereocenters. The number of benzene rings is 4. The van der Waals surface area contributed by atoms with Crippen LogP contribution in [0.4, 0.5) is 0 Å². The van der Waals surface area contributed by atoms with Crippen LogP contribution in [0.25, 0.3) is 10.9 Å². The Bertz CT molecular complexity index is 3860. The molecule has 0 saturated heterocycles. The number of primary amides is 1. The Morgan fingerprint density at radius 3 is 1.08 bits per heavy atom. The number of rotatable bonds is 51. The Morgan fingerprint density at radius 2 is 0.679 bits per heavy atom. The Labute approximate surface area is 661 Å². The van der Waals surface area contributed by atoms with E-state index in [1.54, 1.807) is 72.9 Å². The molecule has 0 spiro atoms. The highest BCUT2D eigenvalue weighted by atomic mass is 32.1. The number of hydrogen-bond acceptors (Lipinski definition) is 23. The van der Waals surface area contributed by atoms with Gasteiger partial charge >= 0.3 is 0 Å². The van der Waals surface area contributed by atoms with Crippen molar-refractivity contribution in [2.45, 2.75) is 201 Å². The third-order valence-electron chi connectivity index (χ3n) is 18.5. The molecule has 0 saturated carbocycles. The van der Waals surface area contributed by atoms with Gasteiger partial charge in [-0.1, -0.05) is 79.2 Å². The number of para-hydroxylation sites is 1. The van der Waals surface area contributed by atoms with Gasteiger partial charge in [-0.2, -0.15) is 25.3 Å². The molecule has 28 N–H and O–H groups in total. The van der Waals surface area contributed by atoms with E-state index in [0.717, 1.165) is 0 Å². The second kappa shape index (κ2) is 48.8. The van der Waals surface area contributed by atoms with Crippen LogP contribution < -0.4 is 92.9 Å². The van der Waals surface area contributed by atoms with Crippen LogP contribution >= 0.6 is 25.3 Å². The van der Waals surface area contributed by atoms with E-state index in [-0.39, 0.29) is 107 Å². The molecule has 0 fully saturated rings. The van der Waals surface area contributed by atoms with E-state index in [1.165, 1.54) is 50.2 Å². The van der Waals surface area contributed by atoms with Crippen molar-refractivity contribution >= 4 is 107 Å². The molecule has 34 nitrogen and oxygen atoms in total. The van der Waals surface area contributed by atoms with Gasteiger partial charge in [0.25, 0.3) is 0 Å². The normalized spacial score (nSPS) is 15.0. The van der Waals surface area contributed by atoms with Gasteiger partial charge in [-0.15, -0.1) is 0 Å². The molecule has 14 atom stereocenters. The summed E-state index contributed by atoms with van der Waals surface area (Å²) in [5, 5.41) is 70.8. The summed E-state index contributed by atoms with van der Waals surface area (Å²) in [6.07, 6.45) is 1.05. The monoisotopic (exact) mass is 1600 g/mol. The second-order valence-corrected chi connectivity index (χ2v) is 28.2. The number of aromatic hydroxyl groups is 2. The van der Waals surface area contributed by atoms with Crippen molar-refractivity contribution in [2.75, 3.05) is 37.7 Å². The van der Waals surface area contributed by atoms with Crippen LogP contribution in [0.15, 0.2) is 109 Å². The molecule has 4 aromatic carbocycles. The standard InChI is InChI=1S/C76H112N18O16S2/c1-43(95)63(65(82)99)93-75(109)62(42-112)92-76(110)64(44(2)96)94-69(103)56(23-11-15-35-80)86-73(107)60(39-48-40-83-53-20-7-6-18-51(48)53)90-72(106)58(36-45-16-4-3-5-17-45)89-74(108)61(41-111)91-68(102)55(22-10-14-34-79)85-71(105)59(38-47-26-30-50(98)31-27-47)88-67(101)54(21-9-13-33-78)84-70(104)57(37-46-24-28-49(97)29-25-46)87-66(100)52(81)19-8-12-32-77/h3-7,16-18,20,24-31,40,43-44,52,54-64,83,95-98,111-112H,8-15,19,21-23,32-39,41-42,77-81H2,1-2H3,(H2,82,99)(H,84,104)(H,85,105)(H,86,107)(H,87,100)(H,88,101)(H,89,108)(H,90,106)(H,91,102)(H,92,110)(H,93,109)(H,94,103)/t43-,44-,52-,54+,55+,56+,57+,58+,59+,60-,61+,62+,63+,64+/m1/s1. The van der Waals surface area contributed by atoms with E-state index >= 15 is 9.59 Å². The number of aliphatic hydroxyl groups is 2. The number of hydrogen-bond donors (Lipinski definition) is 24. The highest BCUT2D eigenvalue weighted by Crippen LogP contribution is 2.21. The molecule has 1 aromatic heterocycles. The fourth-order valence-electron chi connectivity index (χ4n) is 12.0. The van der Waals surface area contributed by atoms with Crippen molar-refractivity contribution in [3.63, 3.8) is 0 Å². The first-order valence-corrected chi connectivity index (χ1v) is 38.7. The Morgan fingerprint density at radius 1 is 0.366 bits per heavy atom. The largest absolute Gasteiger partial charge is 0.508 e. The molecule has 0 aliphatic carbocycles. The maximum absolute atomic E-state index is 15.2. The van der Waals surface area contributed by atoms with Crippen LogP contribution in [0.1, 0.15) is 113 Å². The van der Waals surface area contributed by atoms with Gasteiger partial charge in [-0.3, -0.25) is 57.5 Å². The maximum Gasteiger partial charge on any atom is 0.245 e. The minimum absolute atomic E-state index is 0.00311. The molecule has 0 aliphatic heterocycles. The van der Waals surface area contributed by atoms with E-state index in [1.807, 2.05) is 0 Å². The number of aromatic amines is 1. The molecule has 12 amide bonds. The summed E-state index contributed by atoms with van der Waals surface area (Å²) in [6.45, 7) is 3.35. The smallest absolute Gasteiger partial charge is 0.245 e. The average molecular weight is 1600 g/mol. The Hall–Kier alpha value is -9.92. The molecule has 36 heteroatoms. The first-order valence-electron chi connectivity index (χ1n) is 37.5. The van der Waals surface area contributed by atoms with E-state index in [9.17, 15) is 68.4 Å². The van der Waals surface area contributed by atoms with Crippen LogP contribution in [0, 0.1) is 0 Å². The van der Waals surface area contributed by atoms with Gasteiger partial charge in [0, 0.05) is 54.3 Å². The molecular weight excluding hydrogens is 1490 g/mol. The summed E-state index contributed by atoms with van der Waals surface area (Å²) in [5.41, 5.74) is 37.6. The molecule has 5 rings (SSSR count). The zero-order chi connectivity index (χ0) is 82.4. The molecule has 112 heavy (non-hydrogen) atoms. The molecule has 0 aliphatic rings. The molecular formula is C76H112N18O16S2. The number of unbranched alkanes of at least 4 members (excludes halogenated alkanes) is 4. The van der Waals surface area contributed by atoms with Crippen molar-refractivity contribution in [3.05, 3.63) is 132 Å². The van der Waals surface area contributed by atoms with Crippen LogP contribution in [-0.2, 0) is 83.2 Å². The van der Waals surface area contributed by atoms with Gasteiger partial charge in [-0.05, 0) is 163 Å². The predicted octanol–water partition coefficient (Wildman–Crippen LogP) is -2.87. The lowest BCUT2D eigenvalue weighted by Crippen LogP contribution is -2.62. The molecule has 5 aromatic rings. The van der Waals surface area contributed by atoms with Gasteiger partial charge in [0.1, 0.15) is 78.0 Å². The van der Waals surface area contributed by atoms with Gasteiger partial charge in [-0.25, -0.2) is 0 Å². The Kier molecular flexibility index (Phi) is 40.4. The van der Waals surface area contributed by atoms with Gasteiger partial charge in [0.05, 0.1) is 18.2 Å². The fraction of sp³-hybridized carbons (Fsp3) is 0.500. The minimum atomic E-state index is -1.78. The number of thiol groups is 2. The minimum Gasteiger partial charge on any atom is -0.508 e. The van der Waals surface area contributed by atoms with Crippen molar-refractivity contribution < 1.29 is 78.0 Å². The van der Waals surface area contributed by atoms with Crippen LogP contribution in [0.5, 0.6) is 11.5 Å². The summed E-state index contributed by atoms with van der Waals surface area (Å²) in [7, 11) is 0. The lowest BCUT2D eigenvalue weighted by Gasteiger charge is -2.29. The summed E-state index contributed by atoms with van der Waals surface area (Å²) in [4.78, 5) is 174. The zero-order valence-electron chi connectivity index (χ0n) is 63.1. The number of phenols is 2. The van der Waals surface area contributed by atoms with E-state index in [2.05, 4.69) is 88.7 Å². The summed E-state index contributed by atoms with van der Waals surface area (Å²) in [6, 6.07) is 9.78. The summed E-state index contributed by atoms with van der Waals surface area (Å²) < 4.78 is 0. The second-order valence-electron chi connectivity index (χ2n) is 27.5. The van der Waals surface area contributed by atoms with E-state index in [0.29, 0.717) is 78.2 Å². The zero-order valence-corrected chi connectivity index (χ0v) is 64.9. The number of fused-ring (bicyclic) bond motifs is 1. The lowest BCUT2D eigenvalue weighted by atomic mass is 10.0. The quantitative estimate of drug-likeness (QED) is 0.0137. The number of amides is 12. The number of H-pyrrole nitrogens is 1. The topological polar surface area (TPSA) is 590 Å². The summed E-state index contributed by atoms with van der Waals surface area (Å²) >= 11 is 8.60. The average Bonchev–Trinajstić information content (AvgIpc) is 1.63. The first kappa shape index (κ1) is 92.7. The van der Waals surface area contributed by atoms with E-state index < -0.39 is 156 Å². The predicted molar refractivity (Wildman–Crippen MR) is 427 cm³/mol. The van der Waals surface area contributed by atoms with Crippen molar-refractivity contribution in [1.29, 1.82) is 0 Å². The maximum atomic E-state index is 15.2. The van der Waals surface area contributed by atoms with Crippen LogP contribution in [0.3, 0.4) is 0 Å². The van der Waals surface area contributed by atoms with Crippen molar-refractivity contribution in [2.24, 2.45) is 34.4 Å². The highest BCUT2D eigenvalue weighted by molar-refractivity contribution is 7.80. The van der Waals surface area contributed by atoms with Crippen molar-refractivity contribution in [1.82, 2.24) is 63.5 Å². The fourth-order valence-corrected chi connectivity index (χ4v) is 12.6. The van der Waals surface area contributed by atoms with E-state index in [4.69, 9.17) is 34.4 Å². The highest BCUT2D eigenvalue weighted by Gasteiger charge is 2.38. The number of carbonyl (C=O) groups is 12. The van der Waals surface area contributed by atoms with Crippen molar-refractivity contribution in [3.8, 4) is 11.5 Å². The number of nitrogens with two attached hydrogens (primary N) is 6. The number of carbonyl (C=O) groups excluding carboxylic acids is 12. The van der Waals surface area contributed by atoms with Gasteiger partial charge in [0.2, 0.25) is 70.9 Å². The first-order chi connectivity index (χ1) is 53.5. The number of aliphatic hydroxyl groups excluding tert-OH is 2. The molecule has 614 valence electrons. The molecule has 0 bridgehead atoms. The third-order valence-corrected chi connectivity index (χ3v) is 19.2. The third kappa shape index (κ3) is 31.0. The van der Waals surface area contributed by atoms with Crippen LogP contribution in [-0.4, -0.2) is 219 Å².